The smallest absolute Gasteiger partial charge is 0.318 e. The zero-order valence-corrected chi connectivity index (χ0v) is 29.8. The molecule has 4 aromatic rings. The first-order valence-corrected chi connectivity index (χ1v) is 17.0. The van der Waals surface area contributed by atoms with E-state index in [1.807, 2.05) is 24.3 Å². The number of ketones is 1. The Kier molecular flexibility index (Phi) is 12.0. The lowest BCUT2D eigenvalue weighted by Gasteiger charge is -2.34. The van der Waals surface area contributed by atoms with E-state index in [0.717, 1.165) is 0 Å². The minimum atomic E-state index is -1.89. The fourth-order valence-corrected chi connectivity index (χ4v) is 5.74. The second-order valence-electron chi connectivity index (χ2n) is 13.4. The molecule has 53 heavy (non-hydrogen) atoms. The number of carbonyl (C=O) groups is 5. The molecule has 2 amide bonds. The van der Waals surface area contributed by atoms with E-state index < -0.39 is 59.4 Å². The zero-order valence-electron chi connectivity index (χ0n) is 29.8. The SMILES string of the molecule is CC(C(Cc1ccc(C(=O)Nc2ccccc2)o1)c1ccc2c(c1)OCO2)N(CC#Cc1ccccc1)C(=O)C(=O)C(CC(=O)O)C(=O)OC(C)(C)C. The number of hydrogen-bond acceptors (Lipinski definition) is 9. The molecule has 12 heteroatoms. The van der Waals surface area contributed by atoms with Crippen LogP contribution in [-0.4, -0.2) is 64.5 Å². The van der Waals surface area contributed by atoms with E-state index in [9.17, 15) is 29.1 Å². The second kappa shape index (κ2) is 16.8. The van der Waals surface area contributed by atoms with Crippen molar-refractivity contribution in [3.8, 4) is 23.3 Å². The van der Waals surface area contributed by atoms with Gasteiger partial charge in [0.25, 0.3) is 11.8 Å². The number of carboxylic acid groups (broad SMARTS) is 1. The Hall–Kier alpha value is -6.35. The molecule has 3 aromatic carbocycles. The monoisotopic (exact) mass is 720 g/mol. The summed E-state index contributed by atoms with van der Waals surface area (Å²) in [6.45, 7) is 6.22. The van der Waals surface area contributed by atoms with Crippen LogP contribution >= 0.6 is 0 Å². The van der Waals surface area contributed by atoms with E-state index in [4.69, 9.17) is 18.6 Å². The van der Waals surface area contributed by atoms with E-state index in [0.29, 0.717) is 34.1 Å². The molecule has 5 rings (SSSR count). The number of furan rings is 1. The molecular formula is C41H40N2O10. The maximum atomic E-state index is 14.2. The highest BCUT2D eigenvalue weighted by atomic mass is 16.7. The molecular weight excluding hydrogens is 680 g/mol. The molecule has 0 bridgehead atoms. The summed E-state index contributed by atoms with van der Waals surface area (Å²) in [7, 11) is 0. The van der Waals surface area contributed by atoms with Crippen molar-refractivity contribution in [3.63, 3.8) is 0 Å². The number of Topliss-reactive ketones (excluding diaryl/α,β-unsaturated/α-hetero) is 1. The van der Waals surface area contributed by atoms with Crippen molar-refractivity contribution in [2.24, 2.45) is 5.92 Å². The van der Waals surface area contributed by atoms with Gasteiger partial charge >= 0.3 is 11.9 Å². The number of nitrogens with zero attached hydrogens (tertiary/aromatic N) is 1. The Labute approximate surface area is 307 Å². The molecule has 274 valence electrons. The lowest BCUT2D eigenvalue weighted by atomic mass is 9.86. The van der Waals surface area contributed by atoms with Crippen molar-refractivity contribution in [2.45, 2.75) is 58.1 Å². The summed E-state index contributed by atoms with van der Waals surface area (Å²) in [6, 6.07) is 25.6. The number of ether oxygens (including phenoxy) is 3. The first-order valence-electron chi connectivity index (χ1n) is 17.0. The summed E-state index contributed by atoms with van der Waals surface area (Å²) in [5, 5.41) is 12.4. The normalized spacial score (nSPS) is 13.4. The molecule has 0 spiro atoms. The summed E-state index contributed by atoms with van der Waals surface area (Å²) in [5.74, 6) is -0.424. The van der Waals surface area contributed by atoms with Crippen LogP contribution in [0.5, 0.6) is 11.5 Å². The Morgan fingerprint density at radius 1 is 0.906 bits per heavy atom. The predicted octanol–water partition coefficient (Wildman–Crippen LogP) is 5.86. The van der Waals surface area contributed by atoms with Crippen molar-refractivity contribution >= 4 is 35.2 Å². The number of rotatable bonds is 13. The van der Waals surface area contributed by atoms with Gasteiger partial charge in [-0.05, 0) is 81.8 Å². The Morgan fingerprint density at radius 3 is 2.26 bits per heavy atom. The van der Waals surface area contributed by atoms with Crippen LogP contribution in [0.15, 0.2) is 95.4 Å². The molecule has 2 heterocycles. The van der Waals surface area contributed by atoms with E-state index >= 15 is 0 Å². The number of amides is 2. The average molecular weight is 721 g/mol. The lowest BCUT2D eigenvalue weighted by Crippen LogP contribution is -2.49. The maximum absolute atomic E-state index is 14.2. The Balaban J connectivity index is 1.51. The van der Waals surface area contributed by atoms with Gasteiger partial charge in [-0.25, -0.2) is 0 Å². The highest BCUT2D eigenvalue weighted by Crippen LogP contribution is 2.38. The van der Waals surface area contributed by atoms with Gasteiger partial charge in [0.15, 0.2) is 17.3 Å². The minimum absolute atomic E-state index is 0.0287. The standard InChI is InChI=1S/C41H40N2O10/c1-26(43(21-11-14-27-12-7-5-8-13-27)39(48)37(46)32(24-36(44)45)40(49)53-41(2,3)4)31(28-17-19-33-35(22-28)51-25-50-33)23-30-18-20-34(52-30)38(47)42-29-15-9-6-10-16-29/h5-10,12-13,15-20,22,26,31-32H,21,23-25H2,1-4H3,(H,42,47)(H,44,45). The van der Waals surface area contributed by atoms with E-state index in [1.54, 1.807) is 94.4 Å². The number of benzene rings is 3. The topological polar surface area (TPSA) is 162 Å². The van der Waals surface area contributed by atoms with E-state index in [1.165, 1.54) is 4.90 Å². The van der Waals surface area contributed by atoms with Crippen LogP contribution in [0.3, 0.4) is 0 Å². The summed E-state index contributed by atoms with van der Waals surface area (Å²) < 4.78 is 22.5. The number of fused-ring (bicyclic) bond motifs is 1. The quantitative estimate of drug-likeness (QED) is 0.0741. The third kappa shape index (κ3) is 10.1. The van der Waals surface area contributed by atoms with Gasteiger partial charge in [-0.3, -0.25) is 24.0 Å². The number of anilines is 1. The number of nitrogens with one attached hydrogen (secondary N) is 1. The largest absolute Gasteiger partial charge is 0.481 e. The molecule has 0 saturated carbocycles. The summed E-state index contributed by atoms with van der Waals surface area (Å²) in [6.07, 6.45) is -0.794. The predicted molar refractivity (Wildman–Crippen MR) is 193 cm³/mol. The Bertz CT molecular complexity index is 2020. The summed E-state index contributed by atoms with van der Waals surface area (Å²) in [5.41, 5.74) is 0.894. The van der Waals surface area contributed by atoms with Gasteiger partial charge in [0, 0.05) is 29.6 Å². The summed E-state index contributed by atoms with van der Waals surface area (Å²) >= 11 is 0. The first-order chi connectivity index (χ1) is 25.3. The number of esters is 1. The van der Waals surface area contributed by atoms with E-state index in [2.05, 4.69) is 17.2 Å². The number of para-hydroxylation sites is 1. The molecule has 1 aliphatic heterocycles. The van der Waals surface area contributed by atoms with Gasteiger partial charge in [-0.15, -0.1) is 0 Å². The number of hydrogen-bond donors (Lipinski definition) is 2. The van der Waals surface area contributed by atoms with Crippen molar-refractivity contribution in [2.75, 3.05) is 18.7 Å². The highest BCUT2D eigenvalue weighted by Gasteiger charge is 2.41. The number of carbonyl (C=O) groups excluding carboxylic acids is 4. The van der Waals surface area contributed by atoms with Crippen molar-refractivity contribution < 1.29 is 47.7 Å². The molecule has 0 radical (unpaired) electrons. The lowest BCUT2D eigenvalue weighted by molar-refractivity contribution is -0.167. The van der Waals surface area contributed by atoms with E-state index in [-0.39, 0.29) is 25.5 Å². The molecule has 1 aromatic heterocycles. The average Bonchev–Trinajstić information content (AvgIpc) is 3.80. The molecule has 1 aliphatic rings. The first kappa shape index (κ1) is 37.9. The molecule has 12 nitrogen and oxygen atoms in total. The number of aliphatic carboxylic acids is 1. The van der Waals surface area contributed by atoms with Crippen molar-refractivity contribution in [1.29, 1.82) is 0 Å². The Morgan fingerprint density at radius 2 is 1.58 bits per heavy atom. The fraction of sp³-hybridized carbons (Fsp3) is 0.293. The zero-order chi connectivity index (χ0) is 38.1. The van der Waals surface area contributed by atoms with Gasteiger partial charge < -0.3 is 34.0 Å². The molecule has 0 saturated heterocycles. The molecule has 3 atom stereocenters. The number of carboxylic acids is 1. The van der Waals surface area contributed by atoms with Crippen LogP contribution < -0.4 is 14.8 Å². The fourth-order valence-electron chi connectivity index (χ4n) is 5.74. The highest BCUT2D eigenvalue weighted by molar-refractivity contribution is 6.40. The van der Waals surface area contributed by atoms with Gasteiger partial charge in [0.1, 0.15) is 17.3 Å². The minimum Gasteiger partial charge on any atom is -0.481 e. The maximum Gasteiger partial charge on any atom is 0.318 e. The van der Waals surface area contributed by atoms with Crippen molar-refractivity contribution in [3.05, 3.63) is 114 Å². The van der Waals surface area contributed by atoms with Crippen LogP contribution in [0.4, 0.5) is 5.69 Å². The van der Waals surface area contributed by atoms with Gasteiger partial charge in [-0.2, -0.15) is 0 Å². The molecule has 0 fully saturated rings. The molecule has 2 N–H and O–H groups in total. The summed E-state index contributed by atoms with van der Waals surface area (Å²) in [4.78, 5) is 67.3. The third-order valence-corrected chi connectivity index (χ3v) is 8.35. The second-order valence-corrected chi connectivity index (χ2v) is 13.4. The van der Waals surface area contributed by atoms with Crippen LogP contribution in [-0.2, 0) is 30.3 Å². The third-order valence-electron chi connectivity index (χ3n) is 8.35. The van der Waals surface area contributed by atoms with Gasteiger partial charge in [0.2, 0.25) is 12.6 Å². The molecule has 3 unspecified atom stereocenters. The van der Waals surface area contributed by atoms with Crippen LogP contribution in [0.2, 0.25) is 0 Å². The molecule has 0 aliphatic carbocycles. The van der Waals surface area contributed by atoms with Crippen LogP contribution in [0, 0.1) is 17.8 Å². The van der Waals surface area contributed by atoms with Crippen LogP contribution in [0.25, 0.3) is 0 Å². The van der Waals surface area contributed by atoms with Gasteiger partial charge in [-0.1, -0.05) is 54.3 Å². The van der Waals surface area contributed by atoms with Crippen LogP contribution in [0.1, 0.15) is 67.5 Å². The van der Waals surface area contributed by atoms with Gasteiger partial charge in [0.05, 0.1) is 13.0 Å². The van der Waals surface area contributed by atoms with Crippen molar-refractivity contribution in [1.82, 2.24) is 4.90 Å².